The highest BCUT2D eigenvalue weighted by Gasteiger charge is 2.20. The molecule has 5 rings (SSSR count). The van der Waals surface area contributed by atoms with Gasteiger partial charge in [-0.25, -0.2) is 9.97 Å². The number of hydrogen-bond donors (Lipinski definition) is 1. The van der Waals surface area contributed by atoms with Crippen molar-refractivity contribution in [2.45, 2.75) is 26.2 Å². The number of nitrogen functional groups attached to an aromatic ring is 1. The summed E-state index contributed by atoms with van der Waals surface area (Å²) in [5.74, 6) is 1.02. The molecule has 0 spiro atoms. The zero-order valence-electron chi connectivity index (χ0n) is 16.2. The van der Waals surface area contributed by atoms with Crippen LogP contribution in [-0.2, 0) is 6.42 Å². The van der Waals surface area contributed by atoms with E-state index in [0.717, 1.165) is 57.8 Å². The van der Waals surface area contributed by atoms with Gasteiger partial charge in [0.25, 0.3) is 0 Å². The van der Waals surface area contributed by atoms with Gasteiger partial charge in [-0.3, -0.25) is 0 Å². The van der Waals surface area contributed by atoms with Crippen molar-refractivity contribution in [3.8, 4) is 22.0 Å². The van der Waals surface area contributed by atoms with E-state index in [1.54, 1.807) is 11.3 Å². The fraction of sp³-hybridized carbons (Fsp3) is 0.167. The molecule has 0 atom stereocenters. The Morgan fingerprint density at radius 2 is 1.69 bits per heavy atom. The molecule has 0 radical (unpaired) electrons. The van der Waals surface area contributed by atoms with Gasteiger partial charge >= 0.3 is 0 Å². The molecule has 0 saturated carbocycles. The van der Waals surface area contributed by atoms with Crippen molar-refractivity contribution in [2.24, 2.45) is 0 Å². The Bertz CT molecular complexity index is 1160. The molecule has 144 valence electrons. The lowest BCUT2D eigenvalue weighted by Crippen LogP contribution is -2.04. The summed E-state index contributed by atoms with van der Waals surface area (Å²) in [6.45, 7) is 2.19. The lowest BCUT2D eigenvalue weighted by molar-refractivity contribution is 0.626. The minimum atomic E-state index is 0.271. The number of fused-ring (bicyclic) bond motifs is 2. The molecule has 5 aromatic rings. The van der Waals surface area contributed by atoms with Gasteiger partial charge in [-0.1, -0.05) is 49.7 Å². The number of rotatable bonds is 5. The first-order chi connectivity index (χ1) is 14.2. The quantitative estimate of drug-likeness (QED) is 0.357. The summed E-state index contributed by atoms with van der Waals surface area (Å²) in [7, 11) is 0. The fourth-order valence-corrected chi connectivity index (χ4v) is 4.78. The van der Waals surface area contributed by atoms with E-state index in [1.165, 1.54) is 10.1 Å². The molecular formula is C24H21N3OS. The molecule has 0 bridgehead atoms. The largest absolute Gasteiger partial charge is 0.454 e. The van der Waals surface area contributed by atoms with Gasteiger partial charge in [0.05, 0.1) is 10.6 Å². The maximum atomic E-state index is 6.16. The molecule has 0 fully saturated rings. The van der Waals surface area contributed by atoms with Crippen LogP contribution in [0.1, 0.15) is 25.3 Å². The smallest absolute Gasteiger partial charge is 0.221 e. The molecule has 4 nitrogen and oxygen atoms in total. The van der Waals surface area contributed by atoms with Crippen LogP contribution in [0.2, 0.25) is 0 Å². The van der Waals surface area contributed by atoms with Crippen LogP contribution in [-0.4, -0.2) is 9.97 Å². The average Bonchev–Trinajstić information content (AvgIpc) is 3.36. The van der Waals surface area contributed by atoms with E-state index in [2.05, 4.69) is 47.2 Å². The first kappa shape index (κ1) is 17.9. The summed E-state index contributed by atoms with van der Waals surface area (Å²) >= 11 is 1.74. The molecule has 0 aliphatic rings. The molecule has 2 aromatic carbocycles. The van der Waals surface area contributed by atoms with Crippen LogP contribution in [0.25, 0.3) is 43.1 Å². The minimum Gasteiger partial charge on any atom is -0.454 e. The van der Waals surface area contributed by atoms with Crippen molar-refractivity contribution in [1.82, 2.24) is 9.97 Å². The maximum absolute atomic E-state index is 6.16. The molecule has 3 heterocycles. The summed E-state index contributed by atoms with van der Waals surface area (Å²) in [6.07, 6.45) is 3.03. The molecule has 5 heteroatoms. The van der Waals surface area contributed by atoms with Crippen molar-refractivity contribution in [3.63, 3.8) is 0 Å². The molecular weight excluding hydrogens is 378 g/mol. The summed E-state index contributed by atoms with van der Waals surface area (Å²) in [4.78, 5) is 10.4. The average molecular weight is 400 g/mol. The van der Waals surface area contributed by atoms with Gasteiger partial charge in [0.15, 0.2) is 5.76 Å². The van der Waals surface area contributed by atoms with Crippen LogP contribution in [0.4, 0.5) is 5.95 Å². The van der Waals surface area contributed by atoms with Crippen LogP contribution in [0.5, 0.6) is 0 Å². The molecule has 0 unspecified atom stereocenters. The van der Waals surface area contributed by atoms with E-state index >= 15 is 0 Å². The standard InChI is InChI=1S/C24H21N3OS/c1-2-3-10-17-22(19-13-15-8-4-6-11-18(15)28-19)26-24(25)27-23(17)21-14-16-9-5-7-12-20(16)29-21/h4-9,11-14H,2-3,10H2,1H3,(H2,25,26,27). The Kier molecular flexibility index (Phi) is 4.52. The highest BCUT2D eigenvalue weighted by molar-refractivity contribution is 7.22. The molecule has 0 saturated heterocycles. The van der Waals surface area contributed by atoms with Crippen LogP contribution >= 0.6 is 11.3 Å². The lowest BCUT2D eigenvalue weighted by atomic mass is 10.0. The topological polar surface area (TPSA) is 64.9 Å². The molecule has 0 amide bonds. The van der Waals surface area contributed by atoms with E-state index < -0.39 is 0 Å². The summed E-state index contributed by atoms with van der Waals surface area (Å²) in [5.41, 5.74) is 9.84. The van der Waals surface area contributed by atoms with Gasteiger partial charge in [0.1, 0.15) is 11.3 Å². The van der Waals surface area contributed by atoms with Crippen molar-refractivity contribution in [1.29, 1.82) is 0 Å². The Morgan fingerprint density at radius 3 is 2.48 bits per heavy atom. The van der Waals surface area contributed by atoms with Gasteiger partial charge in [-0.2, -0.15) is 0 Å². The predicted octanol–water partition coefficient (Wildman–Crippen LogP) is 6.70. The molecule has 29 heavy (non-hydrogen) atoms. The Labute approximate surface area is 173 Å². The Morgan fingerprint density at radius 1 is 0.931 bits per heavy atom. The van der Waals surface area contributed by atoms with E-state index in [4.69, 9.17) is 10.2 Å². The second-order valence-electron chi connectivity index (χ2n) is 7.16. The number of nitrogens with two attached hydrogens (primary N) is 1. The van der Waals surface area contributed by atoms with E-state index in [-0.39, 0.29) is 5.95 Å². The van der Waals surface area contributed by atoms with Gasteiger partial charge < -0.3 is 10.2 Å². The lowest BCUT2D eigenvalue weighted by Gasteiger charge is -2.12. The van der Waals surface area contributed by atoms with Gasteiger partial charge in [0, 0.05) is 15.6 Å². The number of aromatic nitrogens is 2. The molecule has 3 aromatic heterocycles. The minimum absolute atomic E-state index is 0.271. The Balaban J connectivity index is 1.74. The number of unbranched alkanes of at least 4 members (excludes halogenated alkanes) is 1. The van der Waals surface area contributed by atoms with Gasteiger partial charge in [-0.15, -0.1) is 11.3 Å². The first-order valence-electron chi connectivity index (χ1n) is 9.87. The summed E-state index contributed by atoms with van der Waals surface area (Å²) < 4.78 is 7.38. The van der Waals surface area contributed by atoms with Gasteiger partial charge in [0.2, 0.25) is 5.95 Å². The van der Waals surface area contributed by atoms with E-state index in [1.807, 2.05) is 30.3 Å². The number of para-hydroxylation sites is 1. The van der Waals surface area contributed by atoms with Crippen molar-refractivity contribution < 1.29 is 4.42 Å². The van der Waals surface area contributed by atoms with Gasteiger partial charge in [-0.05, 0) is 42.5 Å². The first-order valence-corrected chi connectivity index (χ1v) is 10.7. The van der Waals surface area contributed by atoms with E-state index in [9.17, 15) is 0 Å². The third kappa shape index (κ3) is 3.28. The van der Waals surface area contributed by atoms with E-state index in [0.29, 0.717) is 0 Å². The van der Waals surface area contributed by atoms with Crippen molar-refractivity contribution in [3.05, 3.63) is 66.2 Å². The van der Waals surface area contributed by atoms with Crippen LogP contribution in [0.15, 0.2) is 65.1 Å². The highest BCUT2D eigenvalue weighted by atomic mass is 32.1. The second-order valence-corrected chi connectivity index (χ2v) is 8.24. The number of thiophene rings is 1. The maximum Gasteiger partial charge on any atom is 0.221 e. The number of benzene rings is 2. The fourth-order valence-electron chi connectivity index (χ4n) is 3.70. The number of anilines is 1. The monoisotopic (exact) mass is 399 g/mol. The van der Waals surface area contributed by atoms with Crippen molar-refractivity contribution >= 4 is 38.3 Å². The zero-order chi connectivity index (χ0) is 19.8. The molecule has 0 aliphatic carbocycles. The third-order valence-corrected chi connectivity index (χ3v) is 6.25. The summed E-state index contributed by atoms with van der Waals surface area (Å²) in [5, 5.41) is 2.28. The SMILES string of the molecule is CCCCc1c(-c2cc3ccccc3o2)nc(N)nc1-c1cc2ccccc2s1. The molecule has 2 N–H and O–H groups in total. The number of hydrogen-bond acceptors (Lipinski definition) is 5. The predicted molar refractivity (Wildman–Crippen MR) is 121 cm³/mol. The zero-order valence-corrected chi connectivity index (χ0v) is 17.0. The second kappa shape index (κ2) is 7.33. The molecule has 0 aliphatic heterocycles. The number of nitrogens with zero attached hydrogens (tertiary/aromatic N) is 2. The number of furan rings is 1. The highest BCUT2D eigenvalue weighted by Crippen LogP contribution is 2.39. The normalized spacial score (nSPS) is 11.5. The van der Waals surface area contributed by atoms with Crippen LogP contribution < -0.4 is 5.73 Å². The summed E-state index contributed by atoms with van der Waals surface area (Å²) in [6, 6.07) is 20.6. The van der Waals surface area contributed by atoms with Crippen molar-refractivity contribution in [2.75, 3.05) is 5.73 Å². The Hall–Kier alpha value is -3.18. The van der Waals surface area contributed by atoms with Crippen LogP contribution in [0.3, 0.4) is 0 Å². The van der Waals surface area contributed by atoms with Crippen LogP contribution in [0, 0.1) is 0 Å². The third-order valence-electron chi connectivity index (χ3n) is 5.12.